The Bertz CT molecular complexity index is 849. The Hall–Kier alpha value is -2.24. The zero-order valence-corrected chi connectivity index (χ0v) is 29.1. The fourth-order valence-corrected chi connectivity index (χ4v) is 4.38. The van der Waals surface area contributed by atoms with Gasteiger partial charge >= 0.3 is 0 Å². The van der Waals surface area contributed by atoms with E-state index >= 15 is 0 Å². The maximum atomic E-state index is 6.67. The van der Waals surface area contributed by atoms with Gasteiger partial charge in [-0.2, -0.15) is 0 Å². The van der Waals surface area contributed by atoms with E-state index in [1.165, 1.54) is 12.8 Å². The Kier molecular flexibility index (Phi) is 31.9. The Labute approximate surface area is 273 Å². The molecule has 0 aliphatic heterocycles. The van der Waals surface area contributed by atoms with E-state index in [1.54, 1.807) is 6.08 Å². The third kappa shape index (κ3) is 25.1. The average molecular weight is 611 g/mol. The van der Waals surface area contributed by atoms with E-state index in [4.69, 9.17) is 18.9 Å². The van der Waals surface area contributed by atoms with Gasteiger partial charge in [0.05, 0.1) is 19.8 Å². The summed E-state index contributed by atoms with van der Waals surface area (Å²) in [6.45, 7) is 16.1. The van der Waals surface area contributed by atoms with Crippen LogP contribution in [-0.4, -0.2) is 38.8 Å². The van der Waals surface area contributed by atoms with E-state index in [9.17, 15) is 0 Å². The van der Waals surface area contributed by atoms with E-state index in [0.717, 1.165) is 122 Å². The number of ether oxygens (including phenoxy) is 4. The number of rotatable bonds is 29. The van der Waals surface area contributed by atoms with Crippen LogP contribution in [0.5, 0.6) is 0 Å². The zero-order chi connectivity index (χ0) is 32.2. The molecule has 0 bridgehead atoms. The Morgan fingerprint density at radius 1 is 0.568 bits per heavy atom. The minimum atomic E-state index is -0.917. The number of hydrogen-bond acceptors (Lipinski definition) is 4. The second-order valence-corrected chi connectivity index (χ2v) is 11.2. The first-order chi connectivity index (χ1) is 21.7. The van der Waals surface area contributed by atoms with Gasteiger partial charge in [0.25, 0.3) is 0 Å². The molecule has 0 N–H and O–H groups in total. The van der Waals surface area contributed by atoms with Crippen LogP contribution in [0.25, 0.3) is 0 Å². The van der Waals surface area contributed by atoms with Crippen molar-refractivity contribution in [1.29, 1.82) is 0 Å². The van der Waals surface area contributed by atoms with Crippen molar-refractivity contribution >= 4 is 0 Å². The Morgan fingerprint density at radius 2 is 1.11 bits per heavy atom. The number of allylic oxidation sites excluding steroid dienone is 6. The Balaban J connectivity index is 5.64. The van der Waals surface area contributed by atoms with Crippen molar-refractivity contribution in [3.63, 3.8) is 0 Å². The molecule has 0 heterocycles. The van der Waals surface area contributed by atoms with Crippen LogP contribution in [-0.2, 0) is 18.9 Å². The van der Waals surface area contributed by atoms with E-state index in [0.29, 0.717) is 19.8 Å². The molecule has 0 aromatic carbocycles. The molecule has 0 aromatic heterocycles. The molecule has 0 spiro atoms. The maximum absolute atomic E-state index is 6.67. The van der Waals surface area contributed by atoms with Crippen molar-refractivity contribution in [2.24, 2.45) is 0 Å². The molecule has 250 valence electrons. The van der Waals surface area contributed by atoms with Gasteiger partial charge in [-0.1, -0.05) is 115 Å². The summed E-state index contributed by atoms with van der Waals surface area (Å²) in [5.41, 5.74) is 0. The normalized spacial score (nSPS) is 11.9. The first kappa shape index (κ1) is 41.8. The van der Waals surface area contributed by atoms with Crippen LogP contribution >= 0.6 is 0 Å². The third-order valence-corrected chi connectivity index (χ3v) is 7.10. The van der Waals surface area contributed by atoms with Gasteiger partial charge in [0, 0.05) is 25.7 Å². The molecule has 4 heteroatoms. The summed E-state index contributed by atoms with van der Waals surface area (Å²) < 4.78 is 25.4. The average Bonchev–Trinajstić information content (AvgIpc) is 3.03. The van der Waals surface area contributed by atoms with Gasteiger partial charge in [0.1, 0.15) is 0 Å². The first-order valence-electron chi connectivity index (χ1n) is 17.8. The van der Waals surface area contributed by atoms with Crippen LogP contribution in [0, 0.1) is 23.7 Å². The molecule has 0 amide bonds. The van der Waals surface area contributed by atoms with Gasteiger partial charge in [-0.25, -0.2) is 0 Å². The molecular formula is C40H66O4. The minimum Gasteiger partial charge on any atom is -0.492 e. The van der Waals surface area contributed by atoms with Crippen molar-refractivity contribution in [3.05, 3.63) is 48.8 Å². The summed E-state index contributed by atoms with van der Waals surface area (Å²) in [7, 11) is 0. The molecule has 0 aliphatic carbocycles. The minimum absolute atomic E-state index is 0.630. The van der Waals surface area contributed by atoms with Crippen molar-refractivity contribution in [1.82, 2.24) is 0 Å². The number of unbranched alkanes of at least 4 members (excludes halogenated alkanes) is 11. The lowest BCUT2D eigenvalue weighted by Gasteiger charge is -2.35. The van der Waals surface area contributed by atoms with E-state index < -0.39 is 5.79 Å². The molecule has 0 rings (SSSR count). The van der Waals surface area contributed by atoms with Crippen LogP contribution in [0.15, 0.2) is 48.8 Å². The van der Waals surface area contributed by atoms with Gasteiger partial charge in [-0.15, -0.1) is 0 Å². The molecule has 0 aliphatic rings. The summed E-state index contributed by atoms with van der Waals surface area (Å²) in [4.78, 5) is 0. The first-order valence-corrected chi connectivity index (χ1v) is 17.8. The third-order valence-electron chi connectivity index (χ3n) is 7.10. The molecule has 0 radical (unpaired) electrons. The molecular weight excluding hydrogens is 544 g/mol. The molecule has 0 unspecified atom stereocenters. The SMILES string of the molecule is C=CC#C/C=C\CCCCC(OCCCCC)(OCCCCC)C(=CC#C/C=C\CCCCCOCCCC)OCCCC. The van der Waals surface area contributed by atoms with Gasteiger partial charge in [-0.3, -0.25) is 0 Å². The Morgan fingerprint density at radius 3 is 1.73 bits per heavy atom. The van der Waals surface area contributed by atoms with Gasteiger partial charge in [0.2, 0.25) is 5.79 Å². The smallest absolute Gasteiger partial charge is 0.228 e. The van der Waals surface area contributed by atoms with Crippen molar-refractivity contribution in [2.75, 3.05) is 33.0 Å². The lowest BCUT2D eigenvalue weighted by Crippen LogP contribution is -2.40. The maximum Gasteiger partial charge on any atom is 0.228 e. The summed E-state index contributed by atoms with van der Waals surface area (Å²) in [6.07, 6.45) is 30.8. The van der Waals surface area contributed by atoms with Gasteiger partial charge in [0.15, 0.2) is 5.76 Å². The highest BCUT2D eigenvalue weighted by Crippen LogP contribution is 2.32. The van der Waals surface area contributed by atoms with Crippen LogP contribution < -0.4 is 0 Å². The summed E-state index contributed by atoms with van der Waals surface area (Å²) in [6, 6.07) is 0. The summed E-state index contributed by atoms with van der Waals surface area (Å²) in [5, 5.41) is 0. The largest absolute Gasteiger partial charge is 0.492 e. The molecule has 0 aromatic rings. The fourth-order valence-electron chi connectivity index (χ4n) is 4.38. The van der Waals surface area contributed by atoms with Crippen LogP contribution in [0.3, 0.4) is 0 Å². The summed E-state index contributed by atoms with van der Waals surface area (Å²) >= 11 is 0. The van der Waals surface area contributed by atoms with Gasteiger partial charge in [-0.05, 0) is 82.4 Å². The highest BCUT2D eigenvalue weighted by atomic mass is 16.7. The second-order valence-electron chi connectivity index (χ2n) is 11.2. The highest BCUT2D eigenvalue weighted by molar-refractivity contribution is 5.27. The molecule has 4 nitrogen and oxygen atoms in total. The van der Waals surface area contributed by atoms with E-state index in [1.807, 2.05) is 18.2 Å². The predicted octanol–water partition coefficient (Wildman–Crippen LogP) is 11.0. The van der Waals surface area contributed by atoms with Crippen molar-refractivity contribution in [3.8, 4) is 23.7 Å². The molecule has 0 fully saturated rings. The lowest BCUT2D eigenvalue weighted by atomic mass is 10.0. The lowest BCUT2D eigenvalue weighted by molar-refractivity contribution is -0.238. The molecule has 0 saturated heterocycles. The quantitative estimate of drug-likeness (QED) is 0.0365. The van der Waals surface area contributed by atoms with Crippen LogP contribution in [0.4, 0.5) is 0 Å². The van der Waals surface area contributed by atoms with Crippen LogP contribution in [0.1, 0.15) is 143 Å². The monoisotopic (exact) mass is 610 g/mol. The highest BCUT2D eigenvalue weighted by Gasteiger charge is 2.38. The molecule has 44 heavy (non-hydrogen) atoms. The van der Waals surface area contributed by atoms with Crippen molar-refractivity contribution < 1.29 is 18.9 Å². The van der Waals surface area contributed by atoms with E-state index in [-0.39, 0.29) is 0 Å². The standard InChI is InChI=1S/C40H66O4/c1-6-11-16-17-18-22-25-28-33-40(43-37-29-12-7-2,44-38-30-13-8-3)39(42-36-15-10-5)32-27-24-21-19-20-23-26-31-35-41-34-14-9-4/h6,17-19,21,32H,1,7-10,12-15,20,22-23,25-26,28-31,33-38H2,2-5H3/b18-17-,21-19-,39-32?. The second kappa shape index (κ2) is 33.6. The molecule has 0 atom stereocenters. The predicted molar refractivity (Wildman–Crippen MR) is 189 cm³/mol. The fraction of sp³-hybridized carbons (Fsp3) is 0.700. The molecule has 0 saturated carbocycles. The summed E-state index contributed by atoms with van der Waals surface area (Å²) in [5.74, 6) is 12.1. The van der Waals surface area contributed by atoms with Gasteiger partial charge < -0.3 is 18.9 Å². The number of hydrogen-bond donors (Lipinski definition) is 0. The van der Waals surface area contributed by atoms with E-state index in [2.05, 4.69) is 70.1 Å². The van der Waals surface area contributed by atoms with Crippen LogP contribution in [0.2, 0.25) is 0 Å². The van der Waals surface area contributed by atoms with Crippen molar-refractivity contribution in [2.45, 2.75) is 149 Å². The topological polar surface area (TPSA) is 36.9 Å². The zero-order valence-electron chi connectivity index (χ0n) is 29.1.